The molecule has 1 fully saturated rings. The van der Waals surface area contributed by atoms with Crippen molar-refractivity contribution in [1.82, 2.24) is 10.4 Å². The smallest absolute Gasteiger partial charge is 0.285 e. The van der Waals surface area contributed by atoms with Crippen molar-refractivity contribution in [1.29, 1.82) is 0 Å². The van der Waals surface area contributed by atoms with Gasteiger partial charge in [-0.2, -0.15) is 5.01 Å². The molecular weight excluding hydrogens is 380 g/mol. The number of halogens is 1. The van der Waals surface area contributed by atoms with Crippen molar-refractivity contribution in [3.63, 3.8) is 0 Å². The molecule has 1 saturated heterocycles. The first-order valence-electron chi connectivity index (χ1n) is 7.08. The molecule has 0 radical (unpaired) electrons. The number of thiocarbonyl (C=S) groups is 1. The van der Waals surface area contributed by atoms with E-state index in [1.54, 1.807) is 42.5 Å². The Balaban J connectivity index is 1.79. The molecule has 0 unspecified atom stereocenters. The third kappa shape index (κ3) is 3.84. The maximum absolute atomic E-state index is 12.5. The van der Waals surface area contributed by atoms with Crippen LogP contribution in [0.25, 0.3) is 6.08 Å². The Hall–Kier alpha value is -2.35. The van der Waals surface area contributed by atoms with Crippen molar-refractivity contribution >= 4 is 57.8 Å². The zero-order valence-electron chi connectivity index (χ0n) is 12.6. The van der Waals surface area contributed by atoms with Gasteiger partial charge in [0.1, 0.15) is 5.75 Å². The number of phenolic OH excluding ortho intramolecular Hbond substituents is 1. The van der Waals surface area contributed by atoms with Crippen LogP contribution in [0.5, 0.6) is 5.75 Å². The fourth-order valence-electron chi connectivity index (χ4n) is 2.09. The summed E-state index contributed by atoms with van der Waals surface area (Å²) >= 11 is 12.2. The summed E-state index contributed by atoms with van der Waals surface area (Å²) in [6.45, 7) is 0. The Bertz CT molecular complexity index is 897. The quantitative estimate of drug-likeness (QED) is 0.619. The highest BCUT2D eigenvalue weighted by molar-refractivity contribution is 8.26. The number of amides is 2. The molecule has 0 aliphatic carbocycles. The van der Waals surface area contributed by atoms with Crippen LogP contribution in [-0.2, 0) is 4.79 Å². The van der Waals surface area contributed by atoms with Crippen LogP contribution in [0.2, 0.25) is 5.02 Å². The monoisotopic (exact) mass is 390 g/mol. The average Bonchev–Trinajstić information content (AvgIpc) is 2.85. The first kappa shape index (κ1) is 17.5. The van der Waals surface area contributed by atoms with Crippen LogP contribution < -0.4 is 5.43 Å². The van der Waals surface area contributed by atoms with E-state index in [2.05, 4.69) is 5.43 Å². The number of phenols is 1. The molecule has 2 aromatic carbocycles. The van der Waals surface area contributed by atoms with Crippen LogP contribution in [0, 0.1) is 0 Å². The van der Waals surface area contributed by atoms with Crippen molar-refractivity contribution < 1.29 is 14.7 Å². The molecule has 2 N–H and O–H groups in total. The van der Waals surface area contributed by atoms with Gasteiger partial charge >= 0.3 is 0 Å². The third-order valence-corrected chi connectivity index (χ3v) is 4.95. The minimum absolute atomic E-state index is 0.136. The highest BCUT2D eigenvalue weighted by atomic mass is 35.5. The van der Waals surface area contributed by atoms with Crippen molar-refractivity contribution in [2.24, 2.45) is 0 Å². The number of aromatic hydroxyl groups is 1. The molecule has 1 aliphatic rings. The summed E-state index contributed by atoms with van der Waals surface area (Å²) in [5.41, 5.74) is 3.46. The van der Waals surface area contributed by atoms with E-state index in [4.69, 9.17) is 23.8 Å². The molecular formula is C17H11ClN2O3S2. The molecule has 1 aliphatic heterocycles. The standard InChI is InChI=1S/C17H11ClN2O3S2/c18-13-4-2-1-3-12(13)15(22)19-20-16(23)14(25-17(20)24)9-10-5-7-11(21)8-6-10/h1-9,21H,(H,19,22). The fraction of sp³-hybridized carbons (Fsp3) is 0. The van der Waals surface area contributed by atoms with E-state index in [0.29, 0.717) is 4.91 Å². The Kier molecular flexibility index (Phi) is 5.08. The molecule has 126 valence electrons. The number of rotatable bonds is 3. The average molecular weight is 391 g/mol. The fourth-order valence-corrected chi connectivity index (χ4v) is 3.49. The molecule has 0 atom stereocenters. The molecule has 25 heavy (non-hydrogen) atoms. The number of hydrogen-bond acceptors (Lipinski definition) is 5. The molecule has 5 nitrogen and oxygen atoms in total. The second kappa shape index (κ2) is 7.26. The van der Waals surface area contributed by atoms with Gasteiger partial charge in [0.05, 0.1) is 15.5 Å². The van der Waals surface area contributed by atoms with Crippen molar-refractivity contribution in [3.8, 4) is 5.75 Å². The lowest BCUT2D eigenvalue weighted by molar-refractivity contribution is -0.123. The van der Waals surface area contributed by atoms with E-state index in [-0.39, 0.29) is 20.7 Å². The first-order valence-corrected chi connectivity index (χ1v) is 8.68. The van der Waals surface area contributed by atoms with Gasteiger partial charge in [-0.3, -0.25) is 15.0 Å². The molecule has 2 amide bonds. The van der Waals surface area contributed by atoms with Gasteiger partial charge in [-0.05, 0) is 48.1 Å². The van der Waals surface area contributed by atoms with Gasteiger partial charge in [0.15, 0.2) is 4.32 Å². The van der Waals surface area contributed by atoms with Gasteiger partial charge in [-0.25, -0.2) is 0 Å². The second-order valence-electron chi connectivity index (χ2n) is 5.03. The number of thioether (sulfide) groups is 1. The normalized spacial score (nSPS) is 15.7. The zero-order chi connectivity index (χ0) is 18.0. The van der Waals surface area contributed by atoms with Gasteiger partial charge in [-0.15, -0.1) is 0 Å². The highest BCUT2D eigenvalue weighted by Gasteiger charge is 2.34. The summed E-state index contributed by atoms with van der Waals surface area (Å²) in [5.74, 6) is -0.812. The van der Waals surface area contributed by atoms with Crippen molar-refractivity contribution in [3.05, 3.63) is 69.6 Å². The number of hydrogen-bond donors (Lipinski definition) is 2. The Morgan fingerprint density at radius 1 is 1.20 bits per heavy atom. The number of nitrogens with one attached hydrogen (secondary N) is 1. The van der Waals surface area contributed by atoms with E-state index < -0.39 is 11.8 Å². The van der Waals surface area contributed by atoms with E-state index >= 15 is 0 Å². The molecule has 0 saturated carbocycles. The zero-order valence-corrected chi connectivity index (χ0v) is 15.0. The number of nitrogens with zero attached hydrogens (tertiary/aromatic N) is 1. The summed E-state index contributed by atoms with van der Waals surface area (Å²) in [7, 11) is 0. The Morgan fingerprint density at radius 2 is 1.88 bits per heavy atom. The number of hydrazine groups is 1. The van der Waals surface area contributed by atoms with Gasteiger partial charge in [-0.1, -0.05) is 47.6 Å². The van der Waals surface area contributed by atoms with Crippen molar-refractivity contribution in [2.75, 3.05) is 0 Å². The first-order chi connectivity index (χ1) is 12.0. The minimum atomic E-state index is -0.521. The molecule has 1 heterocycles. The summed E-state index contributed by atoms with van der Waals surface area (Å²) in [5, 5.41) is 10.6. The summed E-state index contributed by atoms with van der Waals surface area (Å²) in [6.07, 6.45) is 1.64. The number of carbonyl (C=O) groups excluding carboxylic acids is 2. The number of carbonyl (C=O) groups is 2. The highest BCUT2D eigenvalue weighted by Crippen LogP contribution is 2.31. The van der Waals surface area contributed by atoms with E-state index in [1.165, 1.54) is 12.1 Å². The molecule has 8 heteroatoms. The maximum Gasteiger partial charge on any atom is 0.285 e. The molecule has 3 rings (SSSR count). The van der Waals surface area contributed by atoms with Crippen molar-refractivity contribution in [2.45, 2.75) is 0 Å². The van der Waals surface area contributed by atoms with Gasteiger partial charge in [0, 0.05) is 0 Å². The van der Waals surface area contributed by atoms with E-state index in [0.717, 1.165) is 22.3 Å². The van der Waals surface area contributed by atoms with E-state index in [9.17, 15) is 14.7 Å². The largest absolute Gasteiger partial charge is 0.508 e. The Morgan fingerprint density at radius 3 is 2.56 bits per heavy atom. The van der Waals surface area contributed by atoms with Gasteiger partial charge < -0.3 is 5.11 Å². The molecule has 0 spiro atoms. The summed E-state index contributed by atoms with van der Waals surface area (Å²) < 4.78 is 0.218. The minimum Gasteiger partial charge on any atom is -0.508 e. The lowest BCUT2D eigenvalue weighted by atomic mass is 10.2. The maximum atomic E-state index is 12.5. The number of benzene rings is 2. The van der Waals surface area contributed by atoms with Crippen LogP contribution in [-0.4, -0.2) is 26.3 Å². The van der Waals surface area contributed by atoms with Gasteiger partial charge in [0.2, 0.25) is 0 Å². The van der Waals surface area contributed by atoms with Gasteiger partial charge in [0.25, 0.3) is 11.8 Å². The summed E-state index contributed by atoms with van der Waals surface area (Å²) in [4.78, 5) is 25.2. The van der Waals surface area contributed by atoms with Crippen LogP contribution in [0.4, 0.5) is 0 Å². The lowest BCUT2D eigenvalue weighted by Gasteiger charge is -2.16. The van der Waals surface area contributed by atoms with Crippen LogP contribution in [0.1, 0.15) is 15.9 Å². The lowest BCUT2D eigenvalue weighted by Crippen LogP contribution is -2.44. The van der Waals surface area contributed by atoms with Crippen LogP contribution >= 0.6 is 35.6 Å². The molecule has 0 bridgehead atoms. The predicted molar refractivity (Wildman–Crippen MR) is 102 cm³/mol. The van der Waals surface area contributed by atoms with Crippen LogP contribution in [0.3, 0.4) is 0 Å². The topological polar surface area (TPSA) is 69.6 Å². The summed E-state index contributed by atoms with van der Waals surface area (Å²) in [6, 6.07) is 12.9. The second-order valence-corrected chi connectivity index (χ2v) is 7.11. The Labute approximate surface area is 158 Å². The van der Waals surface area contributed by atoms with Crippen LogP contribution in [0.15, 0.2) is 53.4 Å². The SMILES string of the molecule is O=C(NN1C(=O)C(=Cc2ccc(O)cc2)SC1=S)c1ccccc1Cl. The molecule has 0 aromatic heterocycles. The van der Waals surface area contributed by atoms with E-state index in [1.807, 2.05) is 0 Å². The third-order valence-electron chi connectivity index (χ3n) is 3.32. The molecule has 2 aromatic rings. The predicted octanol–water partition coefficient (Wildman–Crippen LogP) is 3.59.